The number of carbonyl (C=O) groups excluding carboxylic acids is 2. The summed E-state index contributed by atoms with van der Waals surface area (Å²) in [4.78, 5) is 24.3. The first-order valence-corrected chi connectivity index (χ1v) is 9.65. The van der Waals surface area contributed by atoms with Gasteiger partial charge in [-0.15, -0.1) is 0 Å². The van der Waals surface area contributed by atoms with E-state index in [2.05, 4.69) is 10.6 Å². The Hall–Kier alpha value is -3.02. The lowest BCUT2D eigenvalue weighted by Crippen LogP contribution is -2.53. The topological polar surface area (TPSA) is 76.7 Å². The van der Waals surface area contributed by atoms with E-state index in [0.29, 0.717) is 0 Å². The Bertz CT molecular complexity index is 686. The second-order valence-electron chi connectivity index (χ2n) is 6.91. The van der Waals surface area contributed by atoms with Crippen molar-refractivity contribution in [1.82, 2.24) is 10.6 Å². The average molecular weight is 382 g/mol. The van der Waals surface area contributed by atoms with Crippen molar-refractivity contribution in [1.29, 1.82) is 0 Å². The predicted molar refractivity (Wildman–Crippen MR) is 106 cm³/mol. The molecule has 2 amide bonds. The average Bonchev–Trinajstić information content (AvgIpc) is 2.74. The van der Waals surface area contributed by atoms with Gasteiger partial charge in [-0.25, -0.2) is 9.59 Å². The molecule has 1 fully saturated rings. The standard InChI is InChI=1S/C22H26N2O4/c25-21(27-15-17-9-3-1-4-10-17)23-19-13-7-8-14-20(19)24-22(26)28-16-18-11-5-2-6-12-18/h1-6,9-12,19-20H,7-8,13-16H2,(H,23,25)(H,24,26). The van der Waals surface area contributed by atoms with Gasteiger partial charge in [0, 0.05) is 0 Å². The van der Waals surface area contributed by atoms with Gasteiger partial charge in [-0.2, -0.15) is 0 Å². The van der Waals surface area contributed by atoms with Crippen LogP contribution in [0.4, 0.5) is 9.59 Å². The molecule has 1 saturated carbocycles. The van der Waals surface area contributed by atoms with E-state index >= 15 is 0 Å². The Morgan fingerprint density at radius 1 is 0.714 bits per heavy atom. The molecular weight excluding hydrogens is 356 g/mol. The molecule has 0 heterocycles. The molecule has 0 bridgehead atoms. The number of rotatable bonds is 6. The van der Waals surface area contributed by atoms with E-state index in [1.807, 2.05) is 60.7 Å². The summed E-state index contributed by atoms with van der Waals surface area (Å²) in [6.45, 7) is 0.438. The molecule has 0 aliphatic heterocycles. The van der Waals surface area contributed by atoms with Crippen LogP contribution in [0.25, 0.3) is 0 Å². The zero-order valence-electron chi connectivity index (χ0n) is 15.8. The molecule has 1 aliphatic rings. The minimum atomic E-state index is -0.472. The Balaban J connectivity index is 1.45. The summed E-state index contributed by atoms with van der Waals surface area (Å²) in [6.07, 6.45) is 2.65. The van der Waals surface area contributed by atoms with Gasteiger partial charge in [0.25, 0.3) is 0 Å². The van der Waals surface area contributed by atoms with Gasteiger partial charge in [0.2, 0.25) is 0 Å². The van der Waals surface area contributed by atoms with Gasteiger partial charge in [-0.3, -0.25) is 0 Å². The number of hydrogen-bond acceptors (Lipinski definition) is 4. The fourth-order valence-electron chi connectivity index (χ4n) is 3.31. The molecule has 148 valence electrons. The van der Waals surface area contributed by atoms with Gasteiger partial charge in [0.1, 0.15) is 13.2 Å². The SMILES string of the molecule is O=C(NC1CCCCC1NC(=O)OCc1ccccc1)OCc1ccccc1. The van der Waals surface area contributed by atoms with E-state index in [1.165, 1.54) is 0 Å². The Kier molecular flexibility index (Phi) is 7.29. The molecule has 2 aromatic rings. The van der Waals surface area contributed by atoms with Crippen molar-refractivity contribution in [3.8, 4) is 0 Å². The number of carbonyl (C=O) groups is 2. The minimum Gasteiger partial charge on any atom is -0.445 e. The highest BCUT2D eigenvalue weighted by atomic mass is 16.6. The van der Waals surface area contributed by atoms with Crippen LogP contribution in [0, 0.1) is 0 Å². The lowest BCUT2D eigenvalue weighted by atomic mass is 9.90. The Labute approximate surface area is 165 Å². The monoisotopic (exact) mass is 382 g/mol. The summed E-state index contributed by atoms with van der Waals surface area (Å²) < 4.78 is 10.6. The van der Waals surface area contributed by atoms with Gasteiger partial charge < -0.3 is 20.1 Å². The molecule has 0 spiro atoms. The zero-order chi connectivity index (χ0) is 19.6. The normalized spacial score (nSPS) is 18.7. The molecule has 0 aromatic heterocycles. The maximum absolute atomic E-state index is 12.1. The summed E-state index contributed by atoms with van der Waals surface area (Å²) in [6, 6.07) is 18.7. The van der Waals surface area contributed by atoms with Crippen molar-refractivity contribution in [2.45, 2.75) is 51.0 Å². The highest BCUT2D eigenvalue weighted by molar-refractivity contribution is 5.69. The van der Waals surface area contributed by atoms with E-state index in [9.17, 15) is 9.59 Å². The summed E-state index contributed by atoms with van der Waals surface area (Å²) in [5.41, 5.74) is 1.86. The third-order valence-electron chi connectivity index (χ3n) is 4.80. The van der Waals surface area contributed by atoms with E-state index in [0.717, 1.165) is 36.8 Å². The predicted octanol–water partition coefficient (Wildman–Crippen LogP) is 4.15. The number of benzene rings is 2. The molecular formula is C22H26N2O4. The summed E-state index contributed by atoms with van der Waals surface area (Å²) in [7, 11) is 0. The minimum absolute atomic E-state index is 0.165. The number of alkyl carbamates (subject to hydrolysis) is 2. The first-order valence-electron chi connectivity index (χ1n) is 9.65. The van der Waals surface area contributed by atoms with Crippen LogP contribution in [0.2, 0.25) is 0 Å². The molecule has 0 radical (unpaired) electrons. The number of ether oxygens (including phenoxy) is 2. The van der Waals surface area contributed by atoms with Crippen LogP contribution in [-0.4, -0.2) is 24.3 Å². The maximum atomic E-state index is 12.1. The summed E-state index contributed by atoms with van der Waals surface area (Å²) in [5, 5.41) is 5.77. The van der Waals surface area contributed by atoms with Crippen LogP contribution >= 0.6 is 0 Å². The molecule has 6 heteroatoms. The summed E-state index contributed by atoms with van der Waals surface area (Å²) >= 11 is 0. The smallest absolute Gasteiger partial charge is 0.407 e. The number of nitrogens with one attached hydrogen (secondary N) is 2. The maximum Gasteiger partial charge on any atom is 0.407 e. The molecule has 2 unspecified atom stereocenters. The summed E-state index contributed by atoms with van der Waals surface area (Å²) in [5.74, 6) is 0. The second-order valence-corrected chi connectivity index (χ2v) is 6.91. The van der Waals surface area contributed by atoms with E-state index < -0.39 is 12.2 Å². The van der Waals surface area contributed by atoms with Crippen molar-refractivity contribution >= 4 is 12.2 Å². The van der Waals surface area contributed by atoms with E-state index in [1.54, 1.807) is 0 Å². The van der Waals surface area contributed by atoms with E-state index in [4.69, 9.17) is 9.47 Å². The van der Waals surface area contributed by atoms with Gasteiger partial charge >= 0.3 is 12.2 Å². The number of amides is 2. The van der Waals surface area contributed by atoms with Crippen molar-refractivity contribution in [3.05, 3.63) is 71.8 Å². The largest absolute Gasteiger partial charge is 0.445 e. The van der Waals surface area contributed by atoms with Crippen LogP contribution in [-0.2, 0) is 22.7 Å². The van der Waals surface area contributed by atoms with Crippen LogP contribution < -0.4 is 10.6 Å². The molecule has 3 rings (SSSR count). The van der Waals surface area contributed by atoms with Crippen LogP contribution in [0.3, 0.4) is 0 Å². The molecule has 1 aliphatic carbocycles. The van der Waals surface area contributed by atoms with Crippen LogP contribution in [0.1, 0.15) is 36.8 Å². The molecule has 2 N–H and O–H groups in total. The van der Waals surface area contributed by atoms with Crippen molar-refractivity contribution < 1.29 is 19.1 Å². The molecule has 6 nitrogen and oxygen atoms in total. The molecule has 0 saturated heterocycles. The fourth-order valence-corrected chi connectivity index (χ4v) is 3.31. The Morgan fingerprint density at radius 3 is 1.50 bits per heavy atom. The quantitative estimate of drug-likeness (QED) is 0.787. The number of hydrogen-bond donors (Lipinski definition) is 2. The zero-order valence-corrected chi connectivity index (χ0v) is 15.8. The lowest BCUT2D eigenvalue weighted by Gasteiger charge is -2.32. The molecule has 2 atom stereocenters. The van der Waals surface area contributed by atoms with Crippen molar-refractivity contribution in [2.75, 3.05) is 0 Å². The van der Waals surface area contributed by atoms with Gasteiger partial charge in [0.15, 0.2) is 0 Å². The van der Waals surface area contributed by atoms with Gasteiger partial charge in [-0.1, -0.05) is 73.5 Å². The fraction of sp³-hybridized carbons (Fsp3) is 0.364. The second kappa shape index (κ2) is 10.3. The van der Waals surface area contributed by atoms with Crippen LogP contribution in [0.15, 0.2) is 60.7 Å². The molecule has 28 heavy (non-hydrogen) atoms. The van der Waals surface area contributed by atoms with E-state index in [-0.39, 0.29) is 25.3 Å². The van der Waals surface area contributed by atoms with Crippen molar-refractivity contribution in [3.63, 3.8) is 0 Å². The Morgan fingerprint density at radius 2 is 1.11 bits per heavy atom. The first-order chi connectivity index (χ1) is 13.7. The van der Waals surface area contributed by atoms with Crippen LogP contribution in [0.5, 0.6) is 0 Å². The van der Waals surface area contributed by atoms with Gasteiger partial charge in [0.05, 0.1) is 12.1 Å². The highest BCUT2D eigenvalue weighted by Crippen LogP contribution is 2.19. The highest BCUT2D eigenvalue weighted by Gasteiger charge is 2.28. The third-order valence-corrected chi connectivity index (χ3v) is 4.80. The lowest BCUT2D eigenvalue weighted by molar-refractivity contribution is 0.118. The first kappa shape index (κ1) is 19.7. The molecule has 2 aromatic carbocycles. The van der Waals surface area contributed by atoms with Crippen molar-refractivity contribution in [2.24, 2.45) is 0 Å². The third kappa shape index (κ3) is 6.30. The van der Waals surface area contributed by atoms with Gasteiger partial charge in [-0.05, 0) is 24.0 Å².